The smallest absolute Gasteiger partial charge is 0.303 e. The fourth-order valence-corrected chi connectivity index (χ4v) is 2.21. The first-order valence-electron chi connectivity index (χ1n) is 7.06. The number of nitrogens with zero attached hydrogens (tertiary/aromatic N) is 1. The number of carboxylic acid groups (broad SMARTS) is 1. The first kappa shape index (κ1) is 16.5. The highest BCUT2D eigenvalue weighted by Crippen LogP contribution is 2.20. The van der Waals surface area contributed by atoms with Crippen LogP contribution in [0.3, 0.4) is 0 Å². The molecule has 23 heavy (non-hydrogen) atoms. The van der Waals surface area contributed by atoms with E-state index in [1.165, 1.54) is 11.2 Å². The molecule has 0 bridgehead atoms. The summed E-state index contributed by atoms with van der Waals surface area (Å²) in [6.07, 6.45) is 1.01. The summed E-state index contributed by atoms with van der Waals surface area (Å²) in [4.78, 5) is 47.0. The van der Waals surface area contributed by atoms with Gasteiger partial charge in [0, 0.05) is 19.4 Å². The van der Waals surface area contributed by atoms with E-state index in [-0.39, 0.29) is 31.7 Å². The lowest BCUT2D eigenvalue weighted by Crippen LogP contribution is -2.45. The van der Waals surface area contributed by atoms with Crippen molar-refractivity contribution in [2.75, 3.05) is 6.54 Å². The van der Waals surface area contributed by atoms with E-state index in [2.05, 4.69) is 10.9 Å². The molecule has 9 nitrogen and oxygen atoms in total. The summed E-state index contributed by atoms with van der Waals surface area (Å²) in [5.74, 6) is -2.29. The third kappa shape index (κ3) is 4.83. The molecular weight excluding hydrogens is 306 g/mol. The highest BCUT2D eigenvalue weighted by atomic mass is 16.4. The Morgan fingerprint density at radius 3 is 2.74 bits per heavy atom. The van der Waals surface area contributed by atoms with Crippen LogP contribution in [0.4, 0.5) is 0 Å². The van der Waals surface area contributed by atoms with Gasteiger partial charge in [0.05, 0.1) is 25.1 Å². The summed E-state index contributed by atoms with van der Waals surface area (Å²) in [5.41, 5.74) is 4.35. The number of aliphatic carboxylic acids is 1. The highest BCUT2D eigenvalue weighted by molar-refractivity contribution is 5.90. The van der Waals surface area contributed by atoms with E-state index < -0.39 is 23.7 Å². The first-order valence-corrected chi connectivity index (χ1v) is 7.06. The molecule has 1 aromatic rings. The van der Waals surface area contributed by atoms with Crippen LogP contribution in [0.1, 0.15) is 25.0 Å². The van der Waals surface area contributed by atoms with E-state index in [0.29, 0.717) is 12.3 Å². The molecule has 1 aliphatic heterocycles. The number of hydrazine groups is 1. The minimum atomic E-state index is -1.10. The van der Waals surface area contributed by atoms with Crippen LogP contribution in [0.5, 0.6) is 0 Å². The van der Waals surface area contributed by atoms with Crippen molar-refractivity contribution < 1.29 is 28.7 Å². The van der Waals surface area contributed by atoms with Gasteiger partial charge in [-0.3, -0.25) is 30.0 Å². The normalized spacial score (nSPS) is 17.1. The van der Waals surface area contributed by atoms with E-state index in [0.717, 1.165) is 0 Å². The van der Waals surface area contributed by atoms with Crippen LogP contribution in [0, 0.1) is 5.92 Å². The van der Waals surface area contributed by atoms with Crippen molar-refractivity contribution in [1.29, 1.82) is 0 Å². The number of furan rings is 1. The lowest BCUT2D eigenvalue weighted by Gasteiger charge is -2.15. The molecule has 1 saturated heterocycles. The Labute approximate surface area is 131 Å². The zero-order chi connectivity index (χ0) is 16.8. The molecule has 0 radical (unpaired) electrons. The van der Waals surface area contributed by atoms with Gasteiger partial charge in [-0.2, -0.15) is 0 Å². The third-order valence-corrected chi connectivity index (χ3v) is 3.40. The molecule has 0 aromatic carbocycles. The molecule has 1 aliphatic rings. The number of carbonyl (C=O) groups excluding carboxylic acids is 3. The van der Waals surface area contributed by atoms with E-state index >= 15 is 0 Å². The summed E-state index contributed by atoms with van der Waals surface area (Å²) in [5, 5.41) is 8.46. The second-order valence-electron chi connectivity index (χ2n) is 5.19. The topological polar surface area (TPSA) is 129 Å². The largest absolute Gasteiger partial charge is 0.481 e. The predicted molar refractivity (Wildman–Crippen MR) is 75.4 cm³/mol. The third-order valence-electron chi connectivity index (χ3n) is 3.40. The maximum atomic E-state index is 11.9. The standard InChI is InChI=1S/C14H17N3O6/c18-11(3-4-13(20)21)15-16-14(22)9-6-12(19)17(7-9)8-10-2-1-5-23-10/h1-2,5,9H,3-4,6-8H2,(H,15,18)(H,16,22)(H,20,21). The van der Waals surface area contributed by atoms with Crippen LogP contribution in [-0.4, -0.2) is 40.2 Å². The van der Waals surface area contributed by atoms with Gasteiger partial charge in [-0.05, 0) is 12.1 Å². The summed E-state index contributed by atoms with van der Waals surface area (Å²) < 4.78 is 5.17. The van der Waals surface area contributed by atoms with Gasteiger partial charge in [0.2, 0.25) is 17.7 Å². The van der Waals surface area contributed by atoms with Crippen LogP contribution in [0.25, 0.3) is 0 Å². The van der Waals surface area contributed by atoms with Crippen molar-refractivity contribution >= 4 is 23.7 Å². The number of rotatable bonds is 6. The average molecular weight is 323 g/mol. The predicted octanol–water partition coefficient (Wildman–Crippen LogP) is -0.360. The fraction of sp³-hybridized carbons (Fsp3) is 0.429. The quantitative estimate of drug-likeness (QED) is 0.613. The van der Waals surface area contributed by atoms with Crippen LogP contribution in [0.15, 0.2) is 22.8 Å². The summed E-state index contributed by atoms with van der Waals surface area (Å²) >= 11 is 0. The molecule has 0 saturated carbocycles. The van der Waals surface area contributed by atoms with Gasteiger partial charge in [0.15, 0.2) is 0 Å². The molecule has 9 heteroatoms. The number of nitrogens with one attached hydrogen (secondary N) is 2. The Hall–Kier alpha value is -2.84. The van der Waals surface area contributed by atoms with E-state index in [9.17, 15) is 19.2 Å². The number of hydrogen-bond donors (Lipinski definition) is 3. The minimum Gasteiger partial charge on any atom is -0.481 e. The molecule has 2 rings (SSSR count). The Morgan fingerprint density at radius 2 is 2.09 bits per heavy atom. The molecule has 0 spiro atoms. The number of amides is 3. The molecule has 124 valence electrons. The summed E-state index contributed by atoms with van der Waals surface area (Å²) in [6.45, 7) is 0.525. The van der Waals surface area contributed by atoms with Gasteiger partial charge in [-0.15, -0.1) is 0 Å². The molecule has 2 heterocycles. The zero-order valence-electron chi connectivity index (χ0n) is 12.3. The van der Waals surface area contributed by atoms with Crippen molar-refractivity contribution in [3.05, 3.63) is 24.2 Å². The minimum absolute atomic E-state index is 0.0531. The summed E-state index contributed by atoms with van der Waals surface area (Å²) in [6, 6.07) is 3.45. The van der Waals surface area contributed by atoms with Gasteiger partial charge >= 0.3 is 5.97 Å². The lowest BCUT2D eigenvalue weighted by atomic mass is 10.1. The molecule has 0 aliphatic carbocycles. The summed E-state index contributed by atoms with van der Waals surface area (Å²) in [7, 11) is 0. The SMILES string of the molecule is O=C(O)CCC(=O)NNC(=O)C1CC(=O)N(Cc2ccco2)C1. The second kappa shape index (κ2) is 7.43. The van der Waals surface area contributed by atoms with Crippen LogP contribution >= 0.6 is 0 Å². The number of likely N-dealkylation sites (tertiary alicyclic amines) is 1. The monoisotopic (exact) mass is 323 g/mol. The van der Waals surface area contributed by atoms with Crippen molar-refractivity contribution in [2.45, 2.75) is 25.8 Å². The lowest BCUT2D eigenvalue weighted by molar-refractivity contribution is -0.139. The molecule has 1 fully saturated rings. The van der Waals surface area contributed by atoms with Crippen molar-refractivity contribution in [1.82, 2.24) is 15.8 Å². The van der Waals surface area contributed by atoms with Crippen LogP contribution < -0.4 is 10.9 Å². The molecule has 1 atom stereocenters. The van der Waals surface area contributed by atoms with Crippen LogP contribution in [0.2, 0.25) is 0 Å². The van der Waals surface area contributed by atoms with E-state index in [4.69, 9.17) is 9.52 Å². The fourth-order valence-electron chi connectivity index (χ4n) is 2.21. The van der Waals surface area contributed by atoms with E-state index in [1.807, 2.05) is 0 Å². The molecule has 3 N–H and O–H groups in total. The Balaban J connectivity index is 1.76. The first-order chi connectivity index (χ1) is 11.0. The Morgan fingerprint density at radius 1 is 1.30 bits per heavy atom. The average Bonchev–Trinajstić information content (AvgIpc) is 3.13. The van der Waals surface area contributed by atoms with Gasteiger partial charge in [0.25, 0.3) is 0 Å². The number of hydrogen-bond acceptors (Lipinski definition) is 5. The van der Waals surface area contributed by atoms with Crippen molar-refractivity contribution in [3.63, 3.8) is 0 Å². The molecular formula is C14H17N3O6. The number of carboxylic acids is 1. The van der Waals surface area contributed by atoms with Gasteiger partial charge in [-0.1, -0.05) is 0 Å². The highest BCUT2D eigenvalue weighted by Gasteiger charge is 2.34. The van der Waals surface area contributed by atoms with Crippen LogP contribution in [-0.2, 0) is 25.7 Å². The Kier molecular flexibility index (Phi) is 5.34. The molecule has 1 aromatic heterocycles. The van der Waals surface area contributed by atoms with Gasteiger partial charge in [0.1, 0.15) is 5.76 Å². The maximum Gasteiger partial charge on any atom is 0.303 e. The van der Waals surface area contributed by atoms with Gasteiger partial charge < -0.3 is 14.4 Å². The Bertz CT molecular complexity index is 598. The number of carbonyl (C=O) groups is 4. The molecule has 1 unspecified atom stereocenters. The van der Waals surface area contributed by atoms with Crippen molar-refractivity contribution in [3.8, 4) is 0 Å². The van der Waals surface area contributed by atoms with Crippen molar-refractivity contribution in [2.24, 2.45) is 5.92 Å². The maximum absolute atomic E-state index is 11.9. The second-order valence-corrected chi connectivity index (χ2v) is 5.19. The van der Waals surface area contributed by atoms with E-state index in [1.54, 1.807) is 12.1 Å². The zero-order valence-corrected chi connectivity index (χ0v) is 12.3. The molecule has 3 amide bonds. The van der Waals surface area contributed by atoms with Gasteiger partial charge in [-0.25, -0.2) is 0 Å².